The maximum Gasteiger partial charge on any atom is 0.0690 e. The average molecular weight is 202 g/mol. The molecule has 0 saturated heterocycles. The summed E-state index contributed by atoms with van der Waals surface area (Å²) >= 11 is 0. The number of aliphatic hydroxyl groups is 1. The molecule has 1 aromatic heterocycles. The molecule has 1 aliphatic rings. The van der Waals surface area contributed by atoms with E-state index in [0.29, 0.717) is 0 Å². The predicted molar refractivity (Wildman–Crippen MR) is 58.6 cm³/mol. The highest BCUT2D eigenvalue weighted by Gasteiger charge is 2.40. The maximum atomic E-state index is 9.84. The Balaban J connectivity index is 1.99. The van der Waals surface area contributed by atoms with E-state index in [4.69, 9.17) is 0 Å². The van der Waals surface area contributed by atoms with E-state index in [1.54, 1.807) is 0 Å². The van der Waals surface area contributed by atoms with Gasteiger partial charge in [0.25, 0.3) is 0 Å². The Morgan fingerprint density at radius 2 is 2.27 bits per heavy atom. The zero-order valence-corrected chi connectivity index (χ0v) is 8.77. The predicted octanol–water partition coefficient (Wildman–Crippen LogP) is 1.64. The first-order valence-electron chi connectivity index (χ1n) is 5.29. The summed E-state index contributed by atoms with van der Waals surface area (Å²) in [6.07, 6.45) is 4.53. The molecule has 0 atom stereocenters. The van der Waals surface area contributed by atoms with Crippen molar-refractivity contribution < 1.29 is 5.11 Å². The van der Waals surface area contributed by atoms with Crippen LogP contribution in [-0.4, -0.2) is 20.5 Å². The third-order valence-electron chi connectivity index (χ3n) is 3.17. The van der Waals surface area contributed by atoms with Gasteiger partial charge in [0.2, 0.25) is 0 Å². The van der Waals surface area contributed by atoms with Gasteiger partial charge in [0, 0.05) is 18.9 Å². The first-order valence-corrected chi connectivity index (χ1v) is 5.29. The van der Waals surface area contributed by atoms with Crippen LogP contribution in [0.15, 0.2) is 24.4 Å². The molecule has 0 amide bonds. The first-order chi connectivity index (χ1) is 7.16. The lowest BCUT2D eigenvalue weighted by Crippen LogP contribution is -2.10. The molecule has 1 N–H and O–H groups in total. The number of rotatable bonds is 2. The number of benzene rings is 1. The van der Waals surface area contributed by atoms with E-state index >= 15 is 0 Å². The van der Waals surface area contributed by atoms with Crippen molar-refractivity contribution in [1.82, 2.24) is 9.78 Å². The second-order valence-electron chi connectivity index (χ2n) is 4.56. The summed E-state index contributed by atoms with van der Waals surface area (Å²) in [5, 5.41) is 15.2. The number of hydrogen-bond acceptors (Lipinski definition) is 2. The Morgan fingerprint density at radius 3 is 3.00 bits per heavy atom. The van der Waals surface area contributed by atoms with Gasteiger partial charge in [0.1, 0.15) is 0 Å². The summed E-state index contributed by atoms with van der Waals surface area (Å²) in [5.41, 5.74) is 1.94. The summed E-state index contributed by atoms with van der Waals surface area (Å²) in [6, 6.07) is 6.28. The van der Waals surface area contributed by atoms with Crippen molar-refractivity contribution in [3.05, 3.63) is 30.0 Å². The molecule has 1 aromatic carbocycles. The lowest BCUT2D eigenvalue weighted by Gasteiger charge is -2.07. The van der Waals surface area contributed by atoms with Crippen molar-refractivity contribution in [3.8, 4) is 0 Å². The van der Waals surface area contributed by atoms with Gasteiger partial charge in [-0.2, -0.15) is 5.10 Å². The Hall–Kier alpha value is -1.35. The number of hydrogen-bond donors (Lipinski definition) is 1. The van der Waals surface area contributed by atoms with Gasteiger partial charge in [-0.05, 0) is 30.5 Å². The monoisotopic (exact) mass is 202 g/mol. The van der Waals surface area contributed by atoms with Gasteiger partial charge in [-0.25, -0.2) is 0 Å². The Bertz CT molecular complexity index is 511. The van der Waals surface area contributed by atoms with Crippen LogP contribution >= 0.6 is 0 Å². The average Bonchev–Trinajstić information content (AvgIpc) is 2.81. The fourth-order valence-electron chi connectivity index (χ4n) is 2.02. The van der Waals surface area contributed by atoms with E-state index in [2.05, 4.69) is 23.3 Å². The van der Waals surface area contributed by atoms with Crippen LogP contribution in [0.2, 0.25) is 0 Å². The molecule has 3 nitrogen and oxygen atoms in total. The molecule has 1 fully saturated rings. The number of nitrogens with zero attached hydrogens (tertiary/aromatic N) is 2. The summed E-state index contributed by atoms with van der Waals surface area (Å²) in [7, 11) is 1.94. The molecule has 1 aliphatic carbocycles. The molecule has 78 valence electrons. The van der Waals surface area contributed by atoms with Crippen LogP contribution in [0.3, 0.4) is 0 Å². The van der Waals surface area contributed by atoms with Crippen LogP contribution in [0.1, 0.15) is 18.4 Å². The molecule has 15 heavy (non-hydrogen) atoms. The van der Waals surface area contributed by atoms with Crippen LogP contribution in [0.4, 0.5) is 0 Å². The molecule has 1 heterocycles. The van der Waals surface area contributed by atoms with Crippen molar-refractivity contribution in [2.24, 2.45) is 7.05 Å². The zero-order valence-electron chi connectivity index (χ0n) is 8.77. The van der Waals surface area contributed by atoms with Crippen LogP contribution in [0.5, 0.6) is 0 Å². The molecule has 3 heteroatoms. The molecule has 1 saturated carbocycles. The maximum absolute atomic E-state index is 9.84. The molecule has 2 aromatic rings. The van der Waals surface area contributed by atoms with Crippen LogP contribution in [0.25, 0.3) is 10.9 Å². The lowest BCUT2D eigenvalue weighted by molar-refractivity contribution is 0.151. The second-order valence-corrected chi connectivity index (χ2v) is 4.56. The summed E-state index contributed by atoms with van der Waals surface area (Å²) in [4.78, 5) is 0. The van der Waals surface area contributed by atoms with Crippen LogP contribution in [0, 0.1) is 0 Å². The minimum absolute atomic E-state index is 0.407. The molecule has 0 radical (unpaired) electrons. The fourth-order valence-corrected chi connectivity index (χ4v) is 2.02. The Labute approximate surface area is 88.3 Å². The number of fused-ring (bicyclic) bond motifs is 1. The highest BCUT2D eigenvalue weighted by atomic mass is 16.3. The van der Waals surface area contributed by atoms with Gasteiger partial charge in [-0.3, -0.25) is 4.68 Å². The van der Waals surface area contributed by atoms with Crippen LogP contribution < -0.4 is 0 Å². The van der Waals surface area contributed by atoms with E-state index in [1.165, 1.54) is 5.56 Å². The highest BCUT2D eigenvalue weighted by Crippen LogP contribution is 2.38. The molecule has 0 unspecified atom stereocenters. The highest BCUT2D eigenvalue weighted by molar-refractivity contribution is 5.79. The smallest absolute Gasteiger partial charge is 0.0690 e. The van der Waals surface area contributed by atoms with Gasteiger partial charge < -0.3 is 5.11 Å². The third kappa shape index (κ3) is 1.53. The van der Waals surface area contributed by atoms with Crippen LogP contribution in [-0.2, 0) is 13.5 Å². The normalized spacial score (nSPS) is 18.3. The molecular weight excluding hydrogens is 188 g/mol. The quantitative estimate of drug-likeness (QED) is 0.804. The Morgan fingerprint density at radius 1 is 1.47 bits per heavy atom. The molecule has 0 bridgehead atoms. The summed E-state index contributed by atoms with van der Waals surface area (Å²) in [5.74, 6) is 0. The van der Waals surface area contributed by atoms with E-state index in [0.717, 1.165) is 30.2 Å². The van der Waals surface area contributed by atoms with Gasteiger partial charge >= 0.3 is 0 Å². The van der Waals surface area contributed by atoms with E-state index in [-0.39, 0.29) is 0 Å². The largest absolute Gasteiger partial charge is 0.390 e. The van der Waals surface area contributed by atoms with Crippen molar-refractivity contribution in [2.45, 2.75) is 24.9 Å². The minimum atomic E-state index is -0.407. The molecule has 0 aliphatic heterocycles. The minimum Gasteiger partial charge on any atom is -0.390 e. The summed E-state index contributed by atoms with van der Waals surface area (Å²) in [6.45, 7) is 0. The van der Waals surface area contributed by atoms with Crippen molar-refractivity contribution in [3.63, 3.8) is 0 Å². The van der Waals surface area contributed by atoms with Crippen molar-refractivity contribution in [1.29, 1.82) is 0 Å². The summed E-state index contributed by atoms with van der Waals surface area (Å²) < 4.78 is 1.87. The van der Waals surface area contributed by atoms with Crippen molar-refractivity contribution in [2.75, 3.05) is 0 Å². The standard InChI is InChI=1S/C12H14N2O/c1-14-11-3-2-9(6-10(11)8-13-14)7-12(15)4-5-12/h2-3,6,8,15H,4-5,7H2,1H3. The van der Waals surface area contributed by atoms with Gasteiger partial charge in [-0.15, -0.1) is 0 Å². The SMILES string of the molecule is Cn1ncc2cc(CC3(O)CC3)ccc21. The van der Waals surface area contributed by atoms with Crippen molar-refractivity contribution >= 4 is 10.9 Å². The lowest BCUT2D eigenvalue weighted by atomic mass is 10.1. The van der Waals surface area contributed by atoms with E-state index < -0.39 is 5.60 Å². The van der Waals surface area contributed by atoms with Gasteiger partial charge in [0.15, 0.2) is 0 Å². The third-order valence-corrected chi connectivity index (χ3v) is 3.17. The number of aromatic nitrogens is 2. The van der Waals surface area contributed by atoms with Gasteiger partial charge in [-0.1, -0.05) is 6.07 Å². The Kier molecular flexibility index (Phi) is 1.68. The molecule has 0 spiro atoms. The molecular formula is C12H14N2O. The topological polar surface area (TPSA) is 38.0 Å². The second kappa shape index (κ2) is 2.83. The zero-order chi connectivity index (χ0) is 10.5. The first kappa shape index (κ1) is 8.92. The fraction of sp³-hybridized carbons (Fsp3) is 0.417. The van der Waals surface area contributed by atoms with E-state index in [1.807, 2.05) is 17.9 Å². The molecule has 3 rings (SSSR count). The number of aryl methyl sites for hydroxylation is 1. The van der Waals surface area contributed by atoms with Gasteiger partial charge in [0.05, 0.1) is 17.3 Å². The van der Waals surface area contributed by atoms with E-state index in [9.17, 15) is 5.11 Å².